The minimum Gasteiger partial charge on any atom is -0.308 e. The second-order valence-electron chi connectivity index (χ2n) is 5.53. The number of anilines is 2. The van der Waals surface area contributed by atoms with Gasteiger partial charge in [-0.2, -0.15) is 5.10 Å². The first-order valence-corrected chi connectivity index (χ1v) is 8.25. The summed E-state index contributed by atoms with van der Waals surface area (Å²) < 4.78 is 2.65. The lowest BCUT2D eigenvalue weighted by molar-refractivity contribution is 0.262. The van der Waals surface area contributed by atoms with E-state index in [0.29, 0.717) is 5.69 Å². The number of aromatic nitrogens is 2. The fourth-order valence-electron chi connectivity index (χ4n) is 2.42. The number of aryl methyl sites for hydroxylation is 2. The summed E-state index contributed by atoms with van der Waals surface area (Å²) in [4.78, 5) is 12.2. The molecule has 0 saturated carbocycles. The number of benzene rings is 2. The number of urea groups is 1. The Hall–Kier alpha value is -2.60. The molecule has 0 bridgehead atoms. The van der Waals surface area contributed by atoms with E-state index in [0.717, 1.165) is 27.0 Å². The van der Waals surface area contributed by atoms with Crippen LogP contribution in [0.2, 0.25) is 0 Å². The zero-order valence-electron chi connectivity index (χ0n) is 13.4. The summed E-state index contributed by atoms with van der Waals surface area (Å²) in [5, 5.41) is 10.1. The van der Waals surface area contributed by atoms with Crippen LogP contribution >= 0.6 is 15.9 Å². The molecular weight excluding hydrogens is 368 g/mol. The highest BCUT2D eigenvalue weighted by Crippen LogP contribution is 2.28. The van der Waals surface area contributed by atoms with Crippen LogP contribution in [0.25, 0.3) is 11.3 Å². The first-order valence-electron chi connectivity index (χ1n) is 7.45. The molecule has 0 radical (unpaired) electrons. The van der Waals surface area contributed by atoms with Gasteiger partial charge in [-0.1, -0.05) is 24.3 Å². The topological polar surface area (TPSA) is 59.0 Å². The molecule has 0 unspecified atom stereocenters. The molecule has 2 amide bonds. The SMILES string of the molecule is Cc1cccc(NC(=O)Nc2cccc(-c3nn(C)cc3Br)c2)c1. The monoisotopic (exact) mass is 384 g/mol. The third kappa shape index (κ3) is 3.83. The van der Waals surface area contributed by atoms with E-state index in [1.54, 1.807) is 4.68 Å². The molecule has 0 aliphatic rings. The highest BCUT2D eigenvalue weighted by atomic mass is 79.9. The molecule has 5 nitrogen and oxygen atoms in total. The molecule has 0 fully saturated rings. The van der Waals surface area contributed by atoms with Crippen LogP contribution in [0.15, 0.2) is 59.2 Å². The van der Waals surface area contributed by atoms with Crippen molar-refractivity contribution in [1.82, 2.24) is 9.78 Å². The molecule has 0 aliphatic heterocycles. The van der Waals surface area contributed by atoms with Gasteiger partial charge in [0.15, 0.2) is 0 Å². The number of amides is 2. The van der Waals surface area contributed by atoms with Gasteiger partial charge in [-0.3, -0.25) is 4.68 Å². The molecule has 0 spiro atoms. The van der Waals surface area contributed by atoms with Gasteiger partial charge in [0.05, 0.1) is 4.47 Å². The molecule has 3 rings (SSSR count). The van der Waals surface area contributed by atoms with Crippen molar-refractivity contribution in [2.45, 2.75) is 6.92 Å². The second-order valence-corrected chi connectivity index (χ2v) is 6.38. The molecule has 2 aromatic carbocycles. The Balaban J connectivity index is 1.75. The number of hydrogen-bond acceptors (Lipinski definition) is 2. The Bertz CT molecular complexity index is 888. The van der Waals surface area contributed by atoms with E-state index in [1.807, 2.05) is 68.7 Å². The van der Waals surface area contributed by atoms with Crippen molar-refractivity contribution in [2.24, 2.45) is 7.05 Å². The Kier molecular flexibility index (Phi) is 4.66. The summed E-state index contributed by atoms with van der Waals surface area (Å²) in [6.07, 6.45) is 1.89. The number of carbonyl (C=O) groups is 1. The van der Waals surface area contributed by atoms with E-state index in [4.69, 9.17) is 0 Å². The van der Waals surface area contributed by atoms with Crippen LogP contribution in [0, 0.1) is 6.92 Å². The lowest BCUT2D eigenvalue weighted by Gasteiger charge is -2.09. The quantitative estimate of drug-likeness (QED) is 0.680. The Morgan fingerprint density at radius 1 is 1.08 bits per heavy atom. The largest absolute Gasteiger partial charge is 0.323 e. The number of nitrogens with zero attached hydrogens (tertiary/aromatic N) is 2. The Morgan fingerprint density at radius 3 is 2.38 bits per heavy atom. The van der Waals surface area contributed by atoms with Gasteiger partial charge in [-0.25, -0.2) is 4.79 Å². The van der Waals surface area contributed by atoms with Gasteiger partial charge in [-0.05, 0) is 52.7 Å². The maximum atomic E-state index is 12.2. The summed E-state index contributed by atoms with van der Waals surface area (Å²) in [7, 11) is 1.87. The molecular formula is C18H17BrN4O. The maximum absolute atomic E-state index is 12.2. The van der Waals surface area contributed by atoms with Crippen molar-refractivity contribution in [3.63, 3.8) is 0 Å². The molecule has 2 N–H and O–H groups in total. The third-order valence-electron chi connectivity index (χ3n) is 3.45. The molecule has 0 saturated heterocycles. The van der Waals surface area contributed by atoms with Crippen molar-refractivity contribution in [3.8, 4) is 11.3 Å². The average Bonchev–Trinajstić information content (AvgIpc) is 2.86. The summed E-state index contributed by atoms with van der Waals surface area (Å²) in [5.41, 5.74) is 4.32. The van der Waals surface area contributed by atoms with Crippen LogP contribution in [0.3, 0.4) is 0 Å². The summed E-state index contributed by atoms with van der Waals surface area (Å²) in [5.74, 6) is 0. The van der Waals surface area contributed by atoms with E-state index >= 15 is 0 Å². The third-order valence-corrected chi connectivity index (χ3v) is 4.03. The van der Waals surface area contributed by atoms with Gasteiger partial charge in [0.1, 0.15) is 5.69 Å². The summed E-state index contributed by atoms with van der Waals surface area (Å²) >= 11 is 3.50. The van der Waals surface area contributed by atoms with Crippen molar-refractivity contribution < 1.29 is 4.79 Å². The maximum Gasteiger partial charge on any atom is 0.323 e. The standard InChI is InChI=1S/C18H17BrN4O/c1-12-5-3-7-14(9-12)20-18(24)21-15-8-4-6-13(10-15)17-16(19)11-23(2)22-17/h3-11H,1-2H3,(H2,20,21,24). The van der Waals surface area contributed by atoms with E-state index < -0.39 is 0 Å². The molecule has 6 heteroatoms. The van der Waals surface area contributed by atoms with E-state index in [-0.39, 0.29) is 6.03 Å². The van der Waals surface area contributed by atoms with Crippen molar-refractivity contribution in [2.75, 3.05) is 10.6 Å². The normalized spacial score (nSPS) is 10.5. The highest BCUT2D eigenvalue weighted by molar-refractivity contribution is 9.10. The summed E-state index contributed by atoms with van der Waals surface area (Å²) in [6, 6.07) is 15.0. The molecule has 1 aromatic heterocycles. The predicted octanol–water partition coefficient (Wildman–Crippen LogP) is 4.80. The van der Waals surface area contributed by atoms with Gasteiger partial charge in [0, 0.05) is 30.2 Å². The molecule has 1 heterocycles. The van der Waals surface area contributed by atoms with Crippen LogP contribution in [0.1, 0.15) is 5.56 Å². The minimum atomic E-state index is -0.280. The number of rotatable bonds is 3. The zero-order chi connectivity index (χ0) is 17.1. The number of carbonyl (C=O) groups excluding carboxylic acids is 1. The van der Waals surface area contributed by atoms with E-state index in [9.17, 15) is 4.79 Å². The number of hydrogen-bond donors (Lipinski definition) is 2. The number of nitrogens with one attached hydrogen (secondary N) is 2. The van der Waals surface area contributed by atoms with Crippen molar-refractivity contribution in [3.05, 3.63) is 64.8 Å². The number of halogens is 1. The van der Waals surface area contributed by atoms with Crippen molar-refractivity contribution in [1.29, 1.82) is 0 Å². The van der Waals surface area contributed by atoms with Crippen LogP contribution in [0.4, 0.5) is 16.2 Å². The van der Waals surface area contributed by atoms with Gasteiger partial charge in [0.25, 0.3) is 0 Å². The zero-order valence-corrected chi connectivity index (χ0v) is 15.0. The molecule has 24 heavy (non-hydrogen) atoms. The first kappa shape index (κ1) is 16.3. The van der Waals surface area contributed by atoms with Crippen LogP contribution < -0.4 is 10.6 Å². The smallest absolute Gasteiger partial charge is 0.308 e. The van der Waals surface area contributed by atoms with Gasteiger partial charge in [-0.15, -0.1) is 0 Å². The Labute approximate surface area is 148 Å². The van der Waals surface area contributed by atoms with E-state index in [1.165, 1.54) is 0 Å². The van der Waals surface area contributed by atoms with Crippen LogP contribution in [0.5, 0.6) is 0 Å². The summed E-state index contributed by atoms with van der Waals surface area (Å²) in [6.45, 7) is 1.98. The lowest BCUT2D eigenvalue weighted by Crippen LogP contribution is -2.19. The van der Waals surface area contributed by atoms with E-state index in [2.05, 4.69) is 31.7 Å². The highest BCUT2D eigenvalue weighted by Gasteiger charge is 2.09. The van der Waals surface area contributed by atoms with Crippen LogP contribution in [-0.2, 0) is 7.05 Å². The van der Waals surface area contributed by atoms with Gasteiger partial charge in [0.2, 0.25) is 0 Å². The predicted molar refractivity (Wildman–Crippen MR) is 100 cm³/mol. The van der Waals surface area contributed by atoms with Gasteiger partial charge < -0.3 is 10.6 Å². The second kappa shape index (κ2) is 6.88. The average molecular weight is 385 g/mol. The van der Waals surface area contributed by atoms with Gasteiger partial charge >= 0.3 is 6.03 Å². The first-order chi connectivity index (χ1) is 11.5. The van der Waals surface area contributed by atoms with Crippen molar-refractivity contribution >= 4 is 33.3 Å². The minimum absolute atomic E-state index is 0.280. The van der Waals surface area contributed by atoms with Crippen LogP contribution in [-0.4, -0.2) is 15.8 Å². The fraction of sp³-hybridized carbons (Fsp3) is 0.111. The molecule has 0 aliphatic carbocycles. The molecule has 3 aromatic rings. The molecule has 122 valence electrons. The lowest BCUT2D eigenvalue weighted by atomic mass is 10.1. The molecule has 0 atom stereocenters. The fourth-order valence-corrected chi connectivity index (χ4v) is 3.02. The Morgan fingerprint density at radius 2 is 1.75 bits per heavy atom.